The minimum Gasteiger partial charge on any atom is -0.492 e. The third kappa shape index (κ3) is 4.76. The number of piperidine rings is 1. The van der Waals surface area contributed by atoms with Crippen molar-refractivity contribution in [3.05, 3.63) is 52.8 Å². The zero-order chi connectivity index (χ0) is 24.7. The Hall–Kier alpha value is -2.65. The fourth-order valence-corrected chi connectivity index (χ4v) is 6.83. The second-order valence-corrected chi connectivity index (χ2v) is 11.4. The highest BCUT2D eigenvalue weighted by atomic mass is 32.2. The van der Waals surface area contributed by atoms with Gasteiger partial charge in [-0.3, -0.25) is 4.72 Å². The number of halogens is 1. The standard InChI is InChI=1S/C26H31FN2O5S/c1-3-29-10-4-5-16(14-29)11-17-12-19(27)6-9-23(17)35(31,32)28-22-8-7-20-21-13-18(21)15-34-25(20)24(22)26(30)33-2/h6-9,12,16,18,21,28H,3-5,10-11,13-15H2,1-2H3/t16?,18-,21-/m0/s1. The Bertz CT molecular complexity index is 1250. The molecular formula is C26H31FN2O5S. The molecule has 1 saturated carbocycles. The summed E-state index contributed by atoms with van der Waals surface area (Å²) in [5.41, 5.74) is 1.52. The second kappa shape index (κ2) is 9.43. The van der Waals surface area contributed by atoms with Crippen molar-refractivity contribution in [3.8, 4) is 5.75 Å². The van der Waals surface area contributed by atoms with Crippen LogP contribution < -0.4 is 9.46 Å². The maximum absolute atomic E-state index is 14.2. The lowest BCUT2D eigenvalue weighted by Gasteiger charge is -2.32. The Morgan fingerprint density at radius 3 is 2.89 bits per heavy atom. The molecular weight excluding hydrogens is 471 g/mol. The molecule has 2 fully saturated rings. The molecule has 35 heavy (non-hydrogen) atoms. The van der Waals surface area contributed by atoms with E-state index >= 15 is 0 Å². The van der Waals surface area contributed by atoms with Crippen molar-refractivity contribution in [2.24, 2.45) is 11.8 Å². The van der Waals surface area contributed by atoms with Gasteiger partial charge in [0.2, 0.25) is 0 Å². The molecule has 2 heterocycles. The predicted octanol–water partition coefficient (Wildman–Crippen LogP) is 4.18. The molecule has 1 saturated heterocycles. The monoisotopic (exact) mass is 502 g/mol. The lowest BCUT2D eigenvalue weighted by Crippen LogP contribution is -2.36. The SMILES string of the molecule is CCN1CCCC(Cc2cc(F)ccc2S(=O)(=O)Nc2ccc3c(c2C(=O)OC)OC[C@@H]2C[C@H]32)C1. The van der Waals surface area contributed by atoms with Gasteiger partial charge in [-0.15, -0.1) is 0 Å². The Balaban J connectivity index is 1.48. The molecule has 2 aliphatic heterocycles. The number of ether oxygens (including phenoxy) is 2. The van der Waals surface area contributed by atoms with Crippen LogP contribution in [0.15, 0.2) is 35.2 Å². The number of nitrogens with zero attached hydrogens (tertiary/aromatic N) is 1. The van der Waals surface area contributed by atoms with Gasteiger partial charge in [-0.2, -0.15) is 0 Å². The van der Waals surface area contributed by atoms with Crippen LogP contribution in [0.5, 0.6) is 5.75 Å². The van der Waals surface area contributed by atoms with Gasteiger partial charge in [-0.05, 0) is 86.0 Å². The number of anilines is 1. The number of likely N-dealkylation sites (tertiary alicyclic amines) is 1. The molecule has 5 rings (SSSR count). The normalized spacial score (nSPS) is 23.6. The van der Waals surface area contributed by atoms with Gasteiger partial charge in [-0.25, -0.2) is 17.6 Å². The van der Waals surface area contributed by atoms with Gasteiger partial charge in [-0.1, -0.05) is 13.0 Å². The number of carbonyl (C=O) groups excluding carboxylic acids is 1. The Morgan fingerprint density at radius 1 is 1.29 bits per heavy atom. The lowest BCUT2D eigenvalue weighted by molar-refractivity contribution is 0.0596. The molecule has 3 aliphatic rings. The number of methoxy groups -OCH3 is 1. The van der Waals surface area contributed by atoms with Gasteiger partial charge in [0.1, 0.15) is 17.1 Å². The third-order valence-corrected chi connectivity index (χ3v) is 8.92. The van der Waals surface area contributed by atoms with Gasteiger partial charge in [0.15, 0.2) is 0 Å². The molecule has 2 aromatic carbocycles. The van der Waals surface area contributed by atoms with Crippen molar-refractivity contribution in [1.29, 1.82) is 0 Å². The second-order valence-electron chi connectivity index (χ2n) is 9.77. The summed E-state index contributed by atoms with van der Waals surface area (Å²) in [6, 6.07) is 7.17. The summed E-state index contributed by atoms with van der Waals surface area (Å²) in [5, 5.41) is 0. The molecule has 0 spiro atoms. The fourth-order valence-electron chi connectivity index (χ4n) is 5.52. The molecule has 1 N–H and O–H groups in total. The Morgan fingerprint density at radius 2 is 2.11 bits per heavy atom. The third-order valence-electron chi connectivity index (χ3n) is 7.46. The number of benzene rings is 2. The van der Waals surface area contributed by atoms with Crippen LogP contribution in [0.4, 0.5) is 10.1 Å². The number of hydrogen-bond acceptors (Lipinski definition) is 6. The number of fused-ring (bicyclic) bond motifs is 3. The van der Waals surface area contributed by atoms with Crippen LogP contribution >= 0.6 is 0 Å². The van der Waals surface area contributed by atoms with Gasteiger partial charge >= 0.3 is 5.97 Å². The Labute approximate surface area is 205 Å². The van der Waals surface area contributed by atoms with Crippen molar-refractivity contribution in [2.75, 3.05) is 38.1 Å². The molecule has 3 atom stereocenters. The van der Waals surface area contributed by atoms with E-state index in [1.807, 2.05) is 6.07 Å². The van der Waals surface area contributed by atoms with Crippen molar-refractivity contribution in [2.45, 2.75) is 43.4 Å². The van der Waals surface area contributed by atoms with Crippen LogP contribution in [0, 0.1) is 17.7 Å². The van der Waals surface area contributed by atoms with Gasteiger partial charge in [0.25, 0.3) is 10.0 Å². The van der Waals surface area contributed by atoms with Gasteiger partial charge in [0, 0.05) is 12.5 Å². The van der Waals surface area contributed by atoms with E-state index in [2.05, 4.69) is 16.5 Å². The highest BCUT2D eigenvalue weighted by Crippen LogP contribution is 2.55. The van der Waals surface area contributed by atoms with E-state index in [0.29, 0.717) is 36.2 Å². The molecule has 9 heteroatoms. The maximum atomic E-state index is 14.2. The van der Waals surface area contributed by atoms with E-state index in [1.54, 1.807) is 6.07 Å². The summed E-state index contributed by atoms with van der Waals surface area (Å²) >= 11 is 0. The summed E-state index contributed by atoms with van der Waals surface area (Å²) in [7, 11) is -2.86. The van der Waals surface area contributed by atoms with Gasteiger partial charge < -0.3 is 14.4 Å². The van der Waals surface area contributed by atoms with Crippen LogP contribution in [-0.4, -0.2) is 52.6 Å². The number of carbonyl (C=O) groups is 1. The summed E-state index contributed by atoms with van der Waals surface area (Å²) < 4.78 is 54.7. The first kappa shape index (κ1) is 24.1. The molecule has 7 nitrogen and oxygen atoms in total. The summed E-state index contributed by atoms with van der Waals surface area (Å²) in [6.07, 6.45) is 3.46. The average Bonchev–Trinajstić information content (AvgIpc) is 3.63. The van der Waals surface area contributed by atoms with Crippen LogP contribution in [0.25, 0.3) is 0 Å². The zero-order valence-electron chi connectivity index (χ0n) is 20.1. The van der Waals surface area contributed by atoms with E-state index in [-0.39, 0.29) is 22.1 Å². The highest BCUT2D eigenvalue weighted by Gasteiger charge is 2.45. The van der Waals surface area contributed by atoms with Crippen molar-refractivity contribution >= 4 is 21.7 Å². The molecule has 0 bridgehead atoms. The summed E-state index contributed by atoms with van der Waals surface area (Å²) in [5.74, 6) is 0.263. The number of esters is 1. The first-order valence-corrected chi connectivity index (χ1v) is 13.7. The van der Waals surface area contributed by atoms with Crippen LogP contribution in [0.1, 0.15) is 53.6 Å². The molecule has 2 aromatic rings. The number of rotatable bonds is 7. The molecule has 1 aliphatic carbocycles. The smallest absolute Gasteiger partial charge is 0.343 e. The predicted molar refractivity (Wildman–Crippen MR) is 130 cm³/mol. The van der Waals surface area contributed by atoms with E-state index < -0.39 is 21.8 Å². The van der Waals surface area contributed by atoms with Crippen LogP contribution in [0.2, 0.25) is 0 Å². The fraction of sp³-hybridized carbons (Fsp3) is 0.500. The first-order chi connectivity index (χ1) is 16.8. The molecule has 188 valence electrons. The highest BCUT2D eigenvalue weighted by molar-refractivity contribution is 7.92. The number of sulfonamides is 1. The van der Waals surface area contributed by atoms with E-state index in [1.165, 1.54) is 19.2 Å². The average molecular weight is 503 g/mol. The lowest BCUT2D eigenvalue weighted by atomic mass is 9.91. The largest absolute Gasteiger partial charge is 0.492 e. The van der Waals surface area contributed by atoms with E-state index in [0.717, 1.165) is 50.5 Å². The topological polar surface area (TPSA) is 84.9 Å². The van der Waals surface area contributed by atoms with E-state index in [9.17, 15) is 17.6 Å². The quantitative estimate of drug-likeness (QED) is 0.572. The van der Waals surface area contributed by atoms with Crippen molar-refractivity contribution in [1.82, 2.24) is 4.90 Å². The first-order valence-electron chi connectivity index (χ1n) is 12.2. The summed E-state index contributed by atoms with van der Waals surface area (Å²) in [6.45, 7) is 5.42. The Kier molecular flexibility index (Phi) is 6.48. The number of nitrogens with one attached hydrogen (secondary N) is 1. The molecule has 1 unspecified atom stereocenters. The van der Waals surface area contributed by atoms with Crippen LogP contribution in [-0.2, 0) is 21.2 Å². The molecule has 0 aromatic heterocycles. The van der Waals surface area contributed by atoms with Crippen LogP contribution in [0.3, 0.4) is 0 Å². The summed E-state index contributed by atoms with van der Waals surface area (Å²) in [4.78, 5) is 15.0. The minimum atomic E-state index is -4.12. The number of hydrogen-bond donors (Lipinski definition) is 1. The van der Waals surface area contributed by atoms with Crippen molar-refractivity contribution < 1.29 is 27.1 Å². The van der Waals surface area contributed by atoms with E-state index in [4.69, 9.17) is 9.47 Å². The zero-order valence-corrected chi connectivity index (χ0v) is 20.9. The minimum absolute atomic E-state index is 0.0178. The van der Waals surface area contributed by atoms with Gasteiger partial charge in [0.05, 0.1) is 24.3 Å². The molecule has 0 radical (unpaired) electrons. The maximum Gasteiger partial charge on any atom is 0.343 e. The van der Waals surface area contributed by atoms with Crippen molar-refractivity contribution in [3.63, 3.8) is 0 Å². The molecule has 0 amide bonds.